The lowest BCUT2D eigenvalue weighted by molar-refractivity contribution is -0.116. The molecule has 0 saturated carbocycles. The van der Waals surface area contributed by atoms with E-state index in [0.717, 1.165) is 16.8 Å². The molecule has 3 N–H and O–H groups in total. The number of hydrogen-bond donors (Lipinski definition) is 2. The monoisotopic (exact) mass is 424 g/mol. The second kappa shape index (κ2) is 9.36. The van der Waals surface area contributed by atoms with Crippen LogP contribution in [0.1, 0.15) is 30.7 Å². The molecule has 152 valence electrons. The van der Waals surface area contributed by atoms with Gasteiger partial charge in [-0.05, 0) is 43.0 Å². The van der Waals surface area contributed by atoms with Crippen molar-refractivity contribution in [2.45, 2.75) is 38.6 Å². The van der Waals surface area contributed by atoms with E-state index in [2.05, 4.69) is 24.3 Å². The van der Waals surface area contributed by atoms with E-state index in [-0.39, 0.29) is 10.8 Å². The Morgan fingerprint density at radius 2 is 1.96 bits per heavy atom. The van der Waals surface area contributed by atoms with Crippen LogP contribution in [0.4, 0.5) is 0 Å². The molecule has 28 heavy (non-hydrogen) atoms. The van der Waals surface area contributed by atoms with E-state index < -0.39 is 10.0 Å². The van der Waals surface area contributed by atoms with Crippen LogP contribution in [0.5, 0.6) is 0 Å². The third kappa shape index (κ3) is 6.19. The fourth-order valence-electron chi connectivity index (χ4n) is 2.62. The van der Waals surface area contributed by atoms with Crippen LogP contribution in [0.3, 0.4) is 0 Å². The van der Waals surface area contributed by atoms with Gasteiger partial charge in [-0.1, -0.05) is 37.6 Å². The van der Waals surface area contributed by atoms with Gasteiger partial charge in [0.25, 0.3) is 0 Å². The Morgan fingerprint density at radius 1 is 1.32 bits per heavy atom. The quantitative estimate of drug-likeness (QED) is 0.635. The minimum absolute atomic E-state index is 0.0634. The van der Waals surface area contributed by atoms with Crippen LogP contribution < -0.4 is 10.5 Å². The number of rotatable bonds is 8. The third-order valence-electron chi connectivity index (χ3n) is 4.01. The topological polar surface area (TPSA) is 107 Å². The molecular formula is C19H25ClN4O3S. The second-order valence-corrected chi connectivity index (χ2v) is 8.85. The smallest absolute Gasteiger partial charge is 0.244 e. The van der Waals surface area contributed by atoms with Crippen LogP contribution in [0.25, 0.3) is 6.08 Å². The molecular weight excluding hydrogens is 400 g/mol. The van der Waals surface area contributed by atoms with Crippen LogP contribution in [0.2, 0.25) is 5.15 Å². The molecule has 0 aliphatic heterocycles. The maximum Gasteiger partial charge on any atom is 0.244 e. The van der Waals surface area contributed by atoms with Gasteiger partial charge in [-0.15, -0.1) is 0 Å². The first kappa shape index (κ1) is 22.1. The zero-order chi connectivity index (χ0) is 20.9. The Balaban J connectivity index is 1.90. The zero-order valence-corrected chi connectivity index (χ0v) is 17.7. The molecule has 0 saturated heterocycles. The lowest BCUT2D eigenvalue weighted by Gasteiger charge is -2.05. The maximum absolute atomic E-state index is 12.0. The number of aromatic nitrogens is 2. The molecule has 2 rings (SSSR count). The van der Waals surface area contributed by atoms with Crippen molar-refractivity contribution in [1.82, 2.24) is 15.1 Å². The molecule has 0 radical (unpaired) electrons. The summed E-state index contributed by atoms with van der Waals surface area (Å²) in [5.41, 5.74) is 2.39. The van der Waals surface area contributed by atoms with Crippen molar-refractivity contribution in [1.29, 1.82) is 0 Å². The van der Waals surface area contributed by atoms with E-state index >= 15 is 0 Å². The number of carbonyl (C=O) groups is 1. The highest BCUT2D eigenvalue weighted by atomic mass is 35.5. The number of nitrogens with zero attached hydrogens (tertiary/aromatic N) is 2. The van der Waals surface area contributed by atoms with E-state index in [9.17, 15) is 13.2 Å². The normalized spacial score (nSPS) is 12.1. The Labute approximate surface area is 170 Å². The van der Waals surface area contributed by atoms with E-state index in [1.807, 2.05) is 6.92 Å². The highest BCUT2D eigenvalue weighted by Crippen LogP contribution is 2.22. The van der Waals surface area contributed by atoms with Gasteiger partial charge < -0.3 is 5.32 Å². The van der Waals surface area contributed by atoms with Gasteiger partial charge in [-0.3, -0.25) is 9.48 Å². The van der Waals surface area contributed by atoms with Crippen LogP contribution in [-0.2, 0) is 27.8 Å². The summed E-state index contributed by atoms with van der Waals surface area (Å²) in [6.07, 6.45) is 3.66. The molecule has 0 atom stereocenters. The molecule has 0 aliphatic carbocycles. The molecule has 0 fully saturated rings. The summed E-state index contributed by atoms with van der Waals surface area (Å²) in [5, 5.41) is 12.8. The van der Waals surface area contributed by atoms with Crippen molar-refractivity contribution in [3.8, 4) is 0 Å². The van der Waals surface area contributed by atoms with Crippen molar-refractivity contribution in [2.75, 3.05) is 6.54 Å². The number of benzene rings is 1. The number of carbonyl (C=O) groups excluding carboxylic acids is 1. The van der Waals surface area contributed by atoms with Gasteiger partial charge in [0.05, 0.1) is 10.6 Å². The lowest BCUT2D eigenvalue weighted by Crippen LogP contribution is -2.23. The summed E-state index contributed by atoms with van der Waals surface area (Å²) in [7, 11) is -3.70. The van der Waals surface area contributed by atoms with Crippen molar-refractivity contribution >= 4 is 33.6 Å². The molecule has 7 nitrogen and oxygen atoms in total. The Hall–Kier alpha value is -2.16. The van der Waals surface area contributed by atoms with Gasteiger partial charge in [-0.2, -0.15) is 5.10 Å². The standard InChI is InChI=1S/C19H25ClN4O3S/c1-13(2)12-24-19(20)17(14(3)23-24)8-9-18(25)22-11-10-15-4-6-16(7-5-15)28(21,26)27/h4-9,13H,10-12H2,1-3H3,(H,22,25)(H2,21,26,27)/b9-8+. The van der Waals surface area contributed by atoms with E-state index in [1.54, 1.807) is 22.9 Å². The number of sulfonamides is 1. The fraction of sp³-hybridized carbons (Fsp3) is 0.368. The summed E-state index contributed by atoms with van der Waals surface area (Å²) >= 11 is 6.35. The summed E-state index contributed by atoms with van der Waals surface area (Å²) in [6, 6.07) is 6.25. The number of nitrogens with one attached hydrogen (secondary N) is 1. The Kier molecular flexibility index (Phi) is 7.40. The molecule has 1 aromatic carbocycles. The Bertz CT molecular complexity index is 964. The van der Waals surface area contributed by atoms with Gasteiger partial charge in [0.1, 0.15) is 5.15 Å². The van der Waals surface area contributed by atoms with Crippen LogP contribution in [0, 0.1) is 12.8 Å². The number of primary sulfonamides is 1. The second-order valence-electron chi connectivity index (χ2n) is 6.93. The number of aryl methyl sites for hydroxylation is 1. The van der Waals surface area contributed by atoms with E-state index in [1.165, 1.54) is 18.2 Å². The van der Waals surface area contributed by atoms with E-state index in [4.69, 9.17) is 16.7 Å². The summed E-state index contributed by atoms with van der Waals surface area (Å²) in [6.45, 7) is 7.14. The van der Waals surface area contributed by atoms with Gasteiger partial charge in [0, 0.05) is 24.7 Å². The van der Waals surface area contributed by atoms with Crippen molar-refractivity contribution in [3.05, 3.63) is 52.3 Å². The van der Waals surface area contributed by atoms with Gasteiger partial charge in [-0.25, -0.2) is 13.6 Å². The maximum atomic E-state index is 12.0. The molecule has 0 aliphatic rings. The SMILES string of the molecule is Cc1nn(CC(C)C)c(Cl)c1/C=C/C(=O)NCCc1ccc(S(N)(=O)=O)cc1. The zero-order valence-electron chi connectivity index (χ0n) is 16.1. The molecule has 1 aromatic heterocycles. The summed E-state index contributed by atoms with van der Waals surface area (Å²) < 4.78 is 24.2. The molecule has 0 unspecified atom stereocenters. The molecule has 9 heteroatoms. The van der Waals surface area contributed by atoms with Crippen LogP contribution in [-0.4, -0.2) is 30.7 Å². The van der Waals surface area contributed by atoms with Gasteiger partial charge in [0.2, 0.25) is 15.9 Å². The summed E-state index contributed by atoms with van der Waals surface area (Å²) in [5.74, 6) is 0.171. The van der Waals surface area contributed by atoms with E-state index in [0.29, 0.717) is 30.6 Å². The fourth-order valence-corrected chi connectivity index (χ4v) is 3.44. The minimum Gasteiger partial charge on any atom is -0.352 e. The largest absolute Gasteiger partial charge is 0.352 e. The van der Waals surface area contributed by atoms with Gasteiger partial charge in [0.15, 0.2) is 0 Å². The molecule has 1 amide bonds. The average Bonchev–Trinajstić information content (AvgIpc) is 2.85. The predicted molar refractivity (Wildman–Crippen MR) is 110 cm³/mol. The third-order valence-corrected chi connectivity index (χ3v) is 5.34. The van der Waals surface area contributed by atoms with Crippen molar-refractivity contribution in [2.24, 2.45) is 11.1 Å². The molecule has 2 aromatic rings. The highest BCUT2D eigenvalue weighted by molar-refractivity contribution is 7.89. The minimum atomic E-state index is -3.70. The molecule has 0 spiro atoms. The van der Waals surface area contributed by atoms with Crippen LogP contribution in [0.15, 0.2) is 35.2 Å². The van der Waals surface area contributed by atoms with Crippen LogP contribution >= 0.6 is 11.6 Å². The first-order valence-electron chi connectivity index (χ1n) is 8.88. The Morgan fingerprint density at radius 3 is 2.54 bits per heavy atom. The summed E-state index contributed by atoms with van der Waals surface area (Å²) in [4.78, 5) is 12.1. The van der Waals surface area contributed by atoms with Gasteiger partial charge >= 0.3 is 0 Å². The van der Waals surface area contributed by atoms with Crippen molar-refractivity contribution < 1.29 is 13.2 Å². The first-order valence-corrected chi connectivity index (χ1v) is 10.8. The molecule has 0 bridgehead atoms. The van der Waals surface area contributed by atoms with Crippen molar-refractivity contribution in [3.63, 3.8) is 0 Å². The average molecular weight is 425 g/mol. The highest BCUT2D eigenvalue weighted by Gasteiger charge is 2.12. The predicted octanol–water partition coefficient (Wildman–Crippen LogP) is 2.52. The molecule has 1 heterocycles. The number of amides is 1. The lowest BCUT2D eigenvalue weighted by atomic mass is 10.1. The first-order chi connectivity index (χ1) is 13.1. The number of hydrogen-bond acceptors (Lipinski definition) is 4. The number of nitrogens with two attached hydrogens (primary N) is 1. The number of halogens is 1.